The molecule has 1 amide bonds. The third kappa shape index (κ3) is 4.99. The second kappa shape index (κ2) is 4.76. The largest absolute Gasteiger partial charge is 0.444 e. The number of rotatable bonds is 3. The lowest BCUT2D eigenvalue weighted by atomic mass is 10.2. The van der Waals surface area contributed by atoms with Crippen molar-refractivity contribution in [2.75, 3.05) is 0 Å². The molecule has 6 nitrogen and oxygen atoms in total. The predicted octanol–water partition coefficient (Wildman–Crippen LogP) is 0.116. The Hall–Kier alpha value is -1.60. The molecule has 0 aliphatic carbocycles. The SMILES string of the molecule is NS(=O)(=O)NC(=O)OCc1ccccc1. The monoisotopic (exact) mass is 230 g/mol. The van der Waals surface area contributed by atoms with E-state index in [-0.39, 0.29) is 6.61 Å². The quantitative estimate of drug-likeness (QED) is 0.770. The van der Waals surface area contributed by atoms with E-state index in [1.54, 1.807) is 24.3 Å². The molecule has 1 rings (SSSR count). The normalized spacial score (nSPS) is 10.7. The van der Waals surface area contributed by atoms with Crippen LogP contribution in [0.4, 0.5) is 4.79 Å². The van der Waals surface area contributed by atoms with Gasteiger partial charge < -0.3 is 4.74 Å². The summed E-state index contributed by atoms with van der Waals surface area (Å²) in [4.78, 5) is 10.8. The molecular formula is C8H10N2O4S. The van der Waals surface area contributed by atoms with Gasteiger partial charge in [0, 0.05) is 0 Å². The zero-order valence-electron chi connectivity index (χ0n) is 7.71. The molecule has 0 atom stereocenters. The maximum absolute atomic E-state index is 10.8. The second-order valence-electron chi connectivity index (χ2n) is 2.71. The molecule has 0 aliphatic heterocycles. The van der Waals surface area contributed by atoms with Crippen LogP contribution in [0.3, 0.4) is 0 Å². The first kappa shape index (κ1) is 11.5. The first-order valence-corrected chi connectivity index (χ1v) is 5.53. The fourth-order valence-electron chi connectivity index (χ4n) is 0.869. The van der Waals surface area contributed by atoms with Gasteiger partial charge in [-0.1, -0.05) is 30.3 Å². The highest BCUT2D eigenvalue weighted by Crippen LogP contribution is 2.00. The summed E-state index contributed by atoms with van der Waals surface area (Å²) in [5, 5.41) is 4.57. The van der Waals surface area contributed by atoms with E-state index in [0.717, 1.165) is 5.56 Å². The smallest absolute Gasteiger partial charge is 0.422 e. The summed E-state index contributed by atoms with van der Waals surface area (Å²) in [6.07, 6.45) is -1.10. The van der Waals surface area contributed by atoms with E-state index < -0.39 is 16.3 Å². The molecule has 82 valence electrons. The molecule has 0 spiro atoms. The van der Waals surface area contributed by atoms with Gasteiger partial charge in [-0.3, -0.25) is 0 Å². The zero-order chi connectivity index (χ0) is 11.3. The van der Waals surface area contributed by atoms with E-state index in [2.05, 4.69) is 9.88 Å². The number of benzene rings is 1. The van der Waals surface area contributed by atoms with Crippen molar-refractivity contribution in [1.82, 2.24) is 4.72 Å². The van der Waals surface area contributed by atoms with Gasteiger partial charge in [-0.05, 0) is 5.56 Å². The van der Waals surface area contributed by atoms with E-state index in [1.165, 1.54) is 4.72 Å². The Labute approximate surface area is 87.2 Å². The number of hydrogen-bond donors (Lipinski definition) is 2. The van der Waals surface area contributed by atoms with Crippen molar-refractivity contribution in [3.63, 3.8) is 0 Å². The minimum atomic E-state index is -4.05. The number of carbonyl (C=O) groups is 1. The Morgan fingerprint density at radius 2 is 1.93 bits per heavy atom. The topological polar surface area (TPSA) is 98.5 Å². The third-order valence-corrected chi connectivity index (χ3v) is 1.89. The predicted molar refractivity (Wildman–Crippen MR) is 52.9 cm³/mol. The van der Waals surface area contributed by atoms with Crippen molar-refractivity contribution in [2.45, 2.75) is 6.61 Å². The summed E-state index contributed by atoms with van der Waals surface area (Å²) in [5.74, 6) is 0. The van der Waals surface area contributed by atoms with E-state index in [0.29, 0.717) is 0 Å². The molecule has 0 unspecified atom stereocenters. The molecule has 0 saturated carbocycles. The molecule has 0 bridgehead atoms. The van der Waals surface area contributed by atoms with Crippen LogP contribution < -0.4 is 9.86 Å². The van der Waals surface area contributed by atoms with Crippen LogP contribution in [0, 0.1) is 0 Å². The van der Waals surface area contributed by atoms with Gasteiger partial charge in [0.2, 0.25) is 0 Å². The van der Waals surface area contributed by atoms with Crippen LogP contribution in [0.1, 0.15) is 5.56 Å². The van der Waals surface area contributed by atoms with Gasteiger partial charge in [0.05, 0.1) is 0 Å². The lowest BCUT2D eigenvalue weighted by molar-refractivity contribution is 0.146. The average Bonchev–Trinajstić information content (AvgIpc) is 2.14. The van der Waals surface area contributed by atoms with E-state index in [1.807, 2.05) is 6.07 Å². The Morgan fingerprint density at radius 1 is 1.33 bits per heavy atom. The van der Waals surface area contributed by atoms with Crippen molar-refractivity contribution in [3.05, 3.63) is 35.9 Å². The summed E-state index contributed by atoms with van der Waals surface area (Å²) in [6, 6.07) is 8.84. The third-order valence-electron chi connectivity index (χ3n) is 1.44. The van der Waals surface area contributed by atoms with Crippen LogP contribution >= 0.6 is 0 Å². The molecular weight excluding hydrogens is 220 g/mol. The lowest BCUT2D eigenvalue weighted by Gasteiger charge is -2.04. The Morgan fingerprint density at radius 3 is 2.47 bits per heavy atom. The number of ether oxygens (including phenoxy) is 1. The van der Waals surface area contributed by atoms with Crippen LogP contribution in [0.2, 0.25) is 0 Å². The summed E-state index contributed by atoms with van der Waals surface area (Å²) in [6.45, 7) is -0.0117. The van der Waals surface area contributed by atoms with Gasteiger partial charge in [-0.2, -0.15) is 8.42 Å². The van der Waals surface area contributed by atoms with Crippen LogP contribution in [0.25, 0.3) is 0 Å². The molecule has 1 aromatic carbocycles. The molecule has 0 radical (unpaired) electrons. The van der Waals surface area contributed by atoms with Gasteiger partial charge in [-0.25, -0.2) is 14.7 Å². The standard InChI is InChI=1S/C8H10N2O4S/c9-15(12,13)10-8(11)14-6-7-4-2-1-3-5-7/h1-5H,6H2,(H,10,11)(H2,9,12,13). The maximum Gasteiger partial charge on any atom is 0.422 e. The number of hydrogen-bond acceptors (Lipinski definition) is 4. The molecule has 0 heterocycles. The summed E-state index contributed by atoms with van der Waals surface area (Å²) >= 11 is 0. The summed E-state index contributed by atoms with van der Waals surface area (Å²) in [5.41, 5.74) is 0.752. The van der Waals surface area contributed by atoms with Crippen LogP contribution in [-0.2, 0) is 21.6 Å². The molecule has 0 aromatic heterocycles. The number of carbonyl (C=O) groups excluding carboxylic acids is 1. The Bertz CT molecular complexity index is 429. The van der Waals surface area contributed by atoms with Crippen molar-refractivity contribution < 1.29 is 17.9 Å². The van der Waals surface area contributed by atoms with Crippen molar-refractivity contribution in [2.24, 2.45) is 5.14 Å². The first-order chi connectivity index (χ1) is 6.97. The van der Waals surface area contributed by atoms with Gasteiger partial charge in [0.25, 0.3) is 0 Å². The van der Waals surface area contributed by atoms with Crippen LogP contribution in [-0.4, -0.2) is 14.5 Å². The second-order valence-corrected chi connectivity index (χ2v) is 4.00. The van der Waals surface area contributed by atoms with Crippen molar-refractivity contribution >= 4 is 16.3 Å². The Balaban J connectivity index is 2.42. The highest BCUT2D eigenvalue weighted by Gasteiger charge is 2.09. The maximum atomic E-state index is 10.8. The first-order valence-electron chi connectivity index (χ1n) is 3.98. The van der Waals surface area contributed by atoms with Gasteiger partial charge >= 0.3 is 16.3 Å². The molecule has 0 aliphatic rings. The van der Waals surface area contributed by atoms with Crippen LogP contribution in [0.15, 0.2) is 30.3 Å². The number of nitrogens with one attached hydrogen (secondary N) is 1. The van der Waals surface area contributed by atoms with Gasteiger partial charge in [-0.15, -0.1) is 0 Å². The number of amides is 1. The highest BCUT2D eigenvalue weighted by atomic mass is 32.2. The van der Waals surface area contributed by atoms with Gasteiger partial charge in [0.15, 0.2) is 0 Å². The van der Waals surface area contributed by atoms with Crippen molar-refractivity contribution in [3.8, 4) is 0 Å². The fourth-order valence-corrected chi connectivity index (χ4v) is 1.16. The van der Waals surface area contributed by atoms with Crippen molar-refractivity contribution in [1.29, 1.82) is 0 Å². The molecule has 1 aromatic rings. The number of nitrogens with two attached hydrogens (primary N) is 1. The average molecular weight is 230 g/mol. The van der Waals surface area contributed by atoms with Gasteiger partial charge in [0.1, 0.15) is 6.61 Å². The highest BCUT2D eigenvalue weighted by molar-refractivity contribution is 7.87. The van der Waals surface area contributed by atoms with Crippen LogP contribution in [0.5, 0.6) is 0 Å². The Kier molecular flexibility index (Phi) is 3.64. The van der Waals surface area contributed by atoms with E-state index in [4.69, 9.17) is 0 Å². The minimum absolute atomic E-state index is 0.0117. The summed E-state index contributed by atoms with van der Waals surface area (Å²) in [7, 11) is -4.05. The zero-order valence-corrected chi connectivity index (χ0v) is 8.53. The molecule has 15 heavy (non-hydrogen) atoms. The fraction of sp³-hybridized carbons (Fsp3) is 0.125. The minimum Gasteiger partial charge on any atom is -0.444 e. The van der Waals surface area contributed by atoms with E-state index in [9.17, 15) is 13.2 Å². The molecule has 0 fully saturated rings. The molecule has 7 heteroatoms. The summed E-state index contributed by atoms with van der Waals surface area (Å²) < 4.78 is 26.9. The van der Waals surface area contributed by atoms with E-state index >= 15 is 0 Å². The molecule has 0 saturated heterocycles. The molecule has 3 N–H and O–H groups in total. The lowest BCUT2D eigenvalue weighted by Crippen LogP contribution is -2.36.